The monoisotopic (exact) mass is 344 g/mol. The highest BCUT2D eigenvalue weighted by Gasteiger charge is 2.15. The average Bonchev–Trinajstić information content (AvgIpc) is 2.53. The molecular weight excluding hydrogens is 332 g/mol. The van der Waals surface area contributed by atoms with Gasteiger partial charge in [-0.25, -0.2) is 13.6 Å². The zero-order chi connectivity index (χ0) is 17.7. The maximum absolute atomic E-state index is 13.5. The van der Waals surface area contributed by atoms with Crippen LogP contribution in [0, 0.1) is 11.6 Å². The molecule has 0 heterocycles. The van der Waals surface area contributed by atoms with E-state index in [1.807, 2.05) is 0 Å². The standard InChI is InChI=1S/C16H12F4O4/c1-22-14-6-9(2-5-13(14)24-16(19)20)8-23-15(21)11-4-3-10(17)7-12(11)18/h2-7,16H,8H2,1H3. The molecule has 0 aliphatic rings. The molecule has 0 bridgehead atoms. The lowest BCUT2D eigenvalue weighted by Gasteiger charge is -2.11. The summed E-state index contributed by atoms with van der Waals surface area (Å²) in [6.45, 7) is -3.27. The van der Waals surface area contributed by atoms with Crippen LogP contribution < -0.4 is 9.47 Å². The van der Waals surface area contributed by atoms with E-state index in [4.69, 9.17) is 9.47 Å². The summed E-state index contributed by atoms with van der Waals surface area (Å²) < 4.78 is 64.8. The van der Waals surface area contributed by atoms with Gasteiger partial charge in [0.25, 0.3) is 0 Å². The third-order valence-electron chi connectivity index (χ3n) is 2.97. The van der Waals surface area contributed by atoms with Gasteiger partial charge < -0.3 is 14.2 Å². The molecule has 0 saturated carbocycles. The Bertz CT molecular complexity index is 734. The van der Waals surface area contributed by atoms with E-state index in [0.717, 1.165) is 12.1 Å². The number of halogens is 4. The summed E-state index contributed by atoms with van der Waals surface area (Å²) in [5, 5.41) is 0. The number of carbonyl (C=O) groups excluding carboxylic acids is 1. The minimum Gasteiger partial charge on any atom is -0.493 e. The van der Waals surface area contributed by atoms with E-state index in [9.17, 15) is 22.4 Å². The van der Waals surface area contributed by atoms with Crippen molar-refractivity contribution in [2.24, 2.45) is 0 Å². The number of esters is 1. The van der Waals surface area contributed by atoms with Crippen LogP contribution in [0.25, 0.3) is 0 Å². The fraction of sp³-hybridized carbons (Fsp3) is 0.188. The second-order valence-corrected chi connectivity index (χ2v) is 4.56. The highest BCUT2D eigenvalue weighted by atomic mass is 19.3. The predicted molar refractivity (Wildman–Crippen MR) is 75.1 cm³/mol. The first-order valence-corrected chi connectivity index (χ1v) is 6.64. The summed E-state index contributed by atoms with van der Waals surface area (Å²) in [6.07, 6.45) is 0. The van der Waals surface area contributed by atoms with E-state index in [0.29, 0.717) is 11.6 Å². The molecule has 8 heteroatoms. The molecule has 128 valence electrons. The molecule has 0 aliphatic carbocycles. The minimum absolute atomic E-state index is 0.0248. The molecule has 2 aromatic rings. The Morgan fingerprint density at radius 3 is 2.46 bits per heavy atom. The number of alkyl halides is 2. The van der Waals surface area contributed by atoms with Crippen LogP contribution in [0.1, 0.15) is 15.9 Å². The molecule has 0 spiro atoms. The van der Waals surface area contributed by atoms with Crippen molar-refractivity contribution in [1.82, 2.24) is 0 Å². The highest BCUT2D eigenvalue weighted by molar-refractivity contribution is 5.89. The lowest BCUT2D eigenvalue weighted by atomic mass is 10.2. The SMILES string of the molecule is COc1cc(COC(=O)c2ccc(F)cc2F)ccc1OC(F)F. The average molecular weight is 344 g/mol. The smallest absolute Gasteiger partial charge is 0.387 e. The fourth-order valence-corrected chi connectivity index (χ4v) is 1.88. The molecule has 0 amide bonds. The Morgan fingerprint density at radius 1 is 1.08 bits per heavy atom. The molecule has 0 aromatic heterocycles. The maximum Gasteiger partial charge on any atom is 0.387 e. The number of hydrogen-bond donors (Lipinski definition) is 0. The van der Waals surface area contributed by atoms with Crippen LogP contribution in [0.4, 0.5) is 17.6 Å². The molecule has 0 atom stereocenters. The van der Waals surface area contributed by atoms with Gasteiger partial charge in [0.15, 0.2) is 11.5 Å². The number of benzene rings is 2. The summed E-state index contributed by atoms with van der Waals surface area (Å²) in [4.78, 5) is 11.8. The van der Waals surface area contributed by atoms with Crippen molar-refractivity contribution in [1.29, 1.82) is 0 Å². The topological polar surface area (TPSA) is 44.8 Å². The van der Waals surface area contributed by atoms with Crippen molar-refractivity contribution in [2.75, 3.05) is 7.11 Å². The van der Waals surface area contributed by atoms with E-state index in [1.165, 1.54) is 25.3 Å². The third-order valence-corrected chi connectivity index (χ3v) is 2.97. The molecule has 24 heavy (non-hydrogen) atoms. The summed E-state index contributed by atoms with van der Waals surface area (Å²) in [5.41, 5.74) is -0.00893. The Hall–Kier alpha value is -2.77. The minimum atomic E-state index is -3.01. The molecule has 4 nitrogen and oxygen atoms in total. The predicted octanol–water partition coefficient (Wildman–Crippen LogP) is 3.93. The Morgan fingerprint density at radius 2 is 1.83 bits per heavy atom. The van der Waals surface area contributed by atoms with Gasteiger partial charge in [-0.15, -0.1) is 0 Å². The van der Waals surface area contributed by atoms with Gasteiger partial charge >= 0.3 is 12.6 Å². The van der Waals surface area contributed by atoms with Crippen molar-refractivity contribution >= 4 is 5.97 Å². The first kappa shape index (κ1) is 17.6. The van der Waals surface area contributed by atoms with Gasteiger partial charge in [0, 0.05) is 6.07 Å². The van der Waals surface area contributed by atoms with Crippen LogP contribution in [0.5, 0.6) is 11.5 Å². The van der Waals surface area contributed by atoms with Crippen LogP contribution >= 0.6 is 0 Å². The summed E-state index contributed by atoms with van der Waals surface area (Å²) in [7, 11) is 1.26. The Balaban J connectivity index is 2.07. The number of rotatable bonds is 6. The fourth-order valence-electron chi connectivity index (χ4n) is 1.88. The molecule has 0 radical (unpaired) electrons. The normalized spacial score (nSPS) is 10.6. The van der Waals surface area contributed by atoms with Crippen molar-refractivity contribution in [3.63, 3.8) is 0 Å². The number of carbonyl (C=O) groups is 1. The molecule has 0 unspecified atom stereocenters. The molecule has 0 aliphatic heterocycles. The van der Waals surface area contributed by atoms with Crippen molar-refractivity contribution in [2.45, 2.75) is 13.2 Å². The van der Waals surface area contributed by atoms with E-state index >= 15 is 0 Å². The Labute approximate surface area is 134 Å². The number of hydrogen-bond acceptors (Lipinski definition) is 4. The van der Waals surface area contributed by atoms with E-state index in [-0.39, 0.29) is 18.1 Å². The van der Waals surface area contributed by atoms with Gasteiger partial charge in [-0.05, 0) is 29.8 Å². The zero-order valence-corrected chi connectivity index (χ0v) is 12.4. The molecule has 2 aromatic carbocycles. The van der Waals surface area contributed by atoms with Gasteiger partial charge in [-0.2, -0.15) is 8.78 Å². The van der Waals surface area contributed by atoms with E-state index in [1.54, 1.807) is 0 Å². The molecular formula is C16H12F4O4. The maximum atomic E-state index is 13.5. The lowest BCUT2D eigenvalue weighted by Crippen LogP contribution is -2.08. The lowest BCUT2D eigenvalue weighted by molar-refractivity contribution is -0.0512. The summed E-state index contributed by atoms with van der Waals surface area (Å²) in [5.74, 6) is -3.00. The van der Waals surface area contributed by atoms with Crippen molar-refractivity contribution in [3.05, 3.63) is 59.2 Å². The first-order valence-electron chi connectivity index (χ1n) is 6.64. The molecule has 0 fully saturated rings. The quantitative estimate of drug-likeness (QED) is 0.588. The highest BCUT2D eigenvalue weighted by Crippen LogP contribution is 2.29. The Kier molecular flexibility index (Phi) is 5.62. The number of methoxy groups -OCH3 is 1. The van der Waals surface area contributed by atoms with Gasteiger partial charge in [0.05, 0.1) is 12.7 Å². The van der Waals surface area contributed by atoms with Crippen LogP contribution in [0.15, 0.2) is 36.4 Å². The van der Waals surface area contributed by atoms with Gasteiger partial charge in [0.2, 0.25) is 0 Å². The van der Waals surface area contributed by atoms with E-state index in [2.05, 4.69) is 4.74 Å². The zero-order valence-electron chi connectivity index (χ0n) is 12.4. The van der Waals surface area contributed by atoms with E-state index < -0.39 is 29.8 Å². The number of ether oxygens (including phenoxy) is 3. The molecule has 2 rings (SSSR count). The van der Waals surface area contributed by atoms with Crippen LogP contribution in [0.2, 0.25) is 0 Å². The van der Waals surface area contributed by atoms with Crippen LogP contribution in [-0.2, 0) is 11.3 Å². The van der Waals surface area contributed by atoms with Crippen LogP contribution in [0.3, 0.4) is 0 Å². The largest absolute Gasteiger partial charge is 0.493 e. The first-order chi connectivity index (χ1) is 11.4. The summed E-state index contributed by atoms with van der Waals surface area (Å²) in [6, 6.07) is 6.41. The summed E-state index contributed by atoms with van der Waals surface area (Å²) >= 11 is 0. The van der Waals surface area contributed by atoms with Gasteiger partial charge in [0.1, 0.15) is 18.2 Å². The third kappa shape index (κ3) is 4.37. The molecule has 0 N–H and O–H groups in total. The van der Waals surface area contributed by atoms with Gasteiger partial charge in [-0.1, -0.05) is 6.07 Å². The van der Waals surface area contributed by atoms with Crippen LogP contribution in [-0.4, -0.2) is 19.7 Å². The second kappa shape index (κ2) is 7.67. The van der Waals surface area contributed by atoms with Gasteiger partial charge in [-0.3, -0.25) is 0 Å². The van der Waals surface area contributed by atoms with Crippen molar-refractivity contribution < 1.29 is 36.6 Å². The molecule has 0 saturated heterocycles. The second-order valence-electron chi connectivity index (χ2n) is 4.56. The van der Waals surface area contributed by atoms with Crippen molar-refractivity contribution in [3.8, 4) is 11.5 Å².